The van der Waals surface area contributed by atoms with Crippen molar-refractivity contribution in [1.82, 2.24) is 9.97 Å². The van der Waals surface area contributed by atoms with Crippen LogP contribution in [0, 0.1) is 0 Å². The molecule has 0 radical (unpaired) electrons. The van der Waals surface area contributed by atoms with Crippen LogP contribution in [-0.4, -0.2) is 38.0 Å². The Morgan fingerprint density at radius 2 is 1.95 bits per heavy atom. The van der Waals surface area contributed by atoms with Crippen molar-refractivity contribution in [2.45, 2.75) is 6.61 Å². The highest BCUT2D eigenvalue weighted by Gasteiger charge is 2.13. The number of rotatable bonds is 5. The lowest BCUT2D eigenvalue weighted by Crippen LogP contribution is -2.06. The summed E-state index contributed by atoms with van der Waals surface area (Å²) in [5, 5.41) is 0.742. The summed E-state index contributed by atoms with van der Waals surface area (Å²) < 4.78 is 38.9. The molecular formula is C14H17N2O4PS. The SMILES string of the molecule is CP(C)(=O)c1cccc(-c2nccc(COS(C)(=O)=O)n2)c1. The van der Waals surface area contributed by atoms with Crippen LogP contribution in [0.5, 0.6) is 0 Å². The highest BCUT2D eigenvalue weighted by molar-refractivity contribution is 7.85. The van der Waals surface area contributed by atoms with E-state index in [-0.39, 0.29) is 6.61 Å². The van der Waals surface area contributed by atoms with Crippen LogP contribution >= 0.6 is 7.14 Å². The normalized spacial score (nSPS) is 12.3. The van der Waals surface area contributed by atoms with Crippen LogP contribution in [0.15, 0.2) is 36.5 Å². The fourth-order valence-electron chi connectivity index (χ4n) is 1.76. The third-order valence-corrected chi connectivity index (χ3v) is 4.93. The Kier molecular flexibility index (Phi) is 4.80. The molecule has 1 heterocycles. The van der Waals surface area contributed by atoms with Crippen molar-refractivity contribution < 1.29 is 17.2 Å². The first kappa shape index (κ1) is 16.8. The lowest BCUT2D eigenvalue weighted by atomic mass is 10.2. The molecule has 1 aromatic heterocycles. The van der Waals surface area contributed by atoms with E-state index in [2.05, 4.69) is 9.97 Å². The third kappa shape index (κ3) is 4.73. The second-order valence-electron chi connectivity index (χ2n) is 5.24. The summed E-state index contributed by atoms with van der Waals surface area (Å²) in [7, 11) is -5.89. The Morgan fingerprint density at radius 1 is 1.23 bits per heavy atom. The molecule has 2 aromatic rings. The fraction of sp³-hybridized carbons (Fsp3) is 0.286. The van der Waals surface area contributed by atoms with Gasteiger partial charge in [-0.25, -0.2) is 9.97 Å². The molecule has 22 heavy (non-hydrogen) atoms. The molecule has 8 heteroatoms. The van der Waals surface area contributed by atoms with Gasteiger partial charge in [0.1, 0.15) is 13.7 Å². The summed E-state index contributed by atoms with van der Waals surface area (Å²) >= 11 is 0. The average molecular weight is 340 g/mol. The first-order valence-corrected chi connectivity index (χ1v) is 10.9. The van der Waals surface area contributed by atoms with E-state index in [0.717, 1.165) is 17.1 Å². The van der Waals surface area contributed by atoms with Crippen LogP contribution in [0.2, 0.25) is 0 Å². The average Bonchev–Trinajstić information content (AvgIpc) is 2.44. The molecule has 118 valence electrons. The van der Waals surface area contributed by atoms with E-state index < -0.39 is 17.3 Å². The van der Waals surface area contributed by atoms with Gasteiger partial charge in [-0.3, -0.25) is 4.18 Å². The third-order valence-electron chi connectivity index (χ3n) is 2.86. The summed E-state index contributed by atoms with van der Waals surface area (Å²) in [6.45, 7) is 3.25. The van der Waals surface area contributed by atoms with Crippen molar-refractivity contribution in [3.05, 3.63) is 42.2 Å². The van der Waals surface area contributed by atoms with Crippen molar-refractivity contribution in [1.29, 1.82) is 0 Å². The minimum atomic E-state index is -3.52. The molecule has 0 spiro atoms. The predicted molar refractivity (Wildman–Crippen MR) is 86.2 cm³/mol. The number of aromatic nitrogens is 2. The molecule has 0 aliphatic heterocycles. The Hall–Kier alpha value is -1.56. The Labute approximate surface area is 130 Å². The maximum atomic E-state index is 12.2. The first-order chi connectivity index (χ1) is 10.1. The molecular weight excluding hydrogens is 323 g/mol. The van der Waals surface area contributed by atoms with E-state index in [1.807, 2.05) is 6.07 Å². The first-order valence-electron chi connectivity index (χ1n) is 6.47. The quantitative estimate of drug-likeness (QED) is 0.610. The second-order valence-corrected chi connectivity index (χ2v) is 10.1. The molecule has 2 rings (SSSR count). The number of nitrogens with zero attached hydrogens (tertiary/aromatic N) is 2. The van der Waals surface area contributed by atoms with Crippen molar-refractivity contribution in [3.63, 3.8) is 0 Å². The molecule has 0 aliphatic carbocycles. The standard InChI is InChI=1S/C14H17N2O4PS/c1-21(2,17)13-6-4-5-11(9-13)14-15-8-7-12(16-14)10-20-22(3,18)19/h4-9H,10H2,1-3H3. The molecule has 0 bridgehead atoms. The lowest BCUT2D eigenvalue weighted by Gasteiger charge is -2.09. The molecule has 0 amide bonds. The zero-order valence-electron chi connectivity index (χ0n) is 12.6. The van der Waals surface area contributed by atoms with Gasteiger partial charge in [-0.05, 0) is 25.5 Å². The zero-order chi connectivity index (χ0) is 16.4. The fourth-order valence-corrected chi connectivity index (χ4v) is 2.99. The molecule has 0 saturated heterocycles. The summed E-state index contributed by atoms with van der Waals surface area (Å²) in [5.74, 6) is 0.435. The smallest absolute Gasteiger partial charge is 0.264 e. The van der Waals surface area contributed by atoms with Crippen LogP contribution in [0.25, 0.3) is 11.4 Å². The zero-order valence-corrected chi connectivity index (χ0v) is 14.3. The predicted octanol–water partition coefficient (Wildman–Crippen LogP) is 1.87. The Bertz CT molecular complexity index is 830. The van der Waals surface area contributed by atoms with E-state index in [4.69, 9.17) is 4.18 Å². The summed E-state index contributed by atoms with van der Waals surface area (Å²) in [4.78, 5) is 8.45. The lowest BCUT2D eigenvalue weighted by molar-refractivity contribution is 0.307. The van der Waals surface area contributed by atoms with Gasteiger partial charge in [-0.15, -0.1) is 0 Å². The van der Waals surface area contributed by atoms with E-state index >= 15 is 0 Å². The minimum Gasteiger partial charge on any atom is -0.319 e. The molecule has 0 fully saturated rings. The number of hydrogen-bond donors (Lipinski definition) is 0. The van der Waals surface area contributed by atoms with Gasteiger partial charge in [0.05, 0.1) is 11.9 Å². The minimum absolute atomic E-state index is 0.145. The molecule has 6 nitrogen and oxygen atoms in total. The van der Waals surface area contributed by atoms with Crippen LogP contribution in [0.1, 0.15) is 5.69 Å². The molecule has 0 unspecified atom stereocenters. The van der Waals surface area contributed by atoms with E-state index in [0.29, 0.717) is 11.5 Å². The van der Waals surface area contributed by atoms with Crippen molar-refractivity contribution in [3.8, 4) is 11.4 Å². The number of benzene rings is 1. The van der Waals surface area contributed by atoms with Crippen LogP contribution in [-0.2, 0) is 25.5 Å². The molecule has 0 N–H and O–H groups in total. The maximum absolute atomic E-state index is 12.2. The van der Waals surface area contributed by atoms with Gasteiger partial charge in [-0.1, -0.05) is 18.2 Å². The summed E-state index contributed by atoms with van der Waals surface area (Å²) in [5.41, 5.74) is 1.18. The maximum Gasteiger partial charge on any atom is 0.264 e. The van der Waals surface area contributed by atoms with Gasteiger partial charge in [0.25, 0.3) is 10.1 Å². The number of hydrogen-bond acceptors (Lipinski definition) is 6. The Morgan fingerprint density at radius 3 is 2.59 bits per heavy atom. The highest BCUT2D eigenvalue weighted by atomic mass is 32.2. The van der Waals surface area contributed by atoms with E-state index in [1.54, 1.807) is 37.6 Å². The van der Waals surface area contributed by atoms with Crippen molar-refractivity contribution in [2.24, 2.45) is 0 Å². The molecule has 0 saturated carbocycles. The summed E-state index contributed by atoms with van der Waals surface area (Å²) in [6.07, 6.45) is 2.52. The van der Waals surface area contributed by atoms with Crippen LogP contribution < -0.4 is 5.30 Å². The van der Waals surface area contributed by atoms with E-state index in [1.165, 1.54) is 6.20 Å². The van der Waals surface area contributed by atoms with Gasteiger partial charge in [0.15, 0.2) is 5.82 Å². The van der Waals surface area contributed by atoms with Gasteiger partial charge < -0.3 is 4.57 Å². The molecule has 0 aliphatic rings. The van der Waals surface area contributed by atoms with Crippen LogP contribution in [0.4, 0.5) is 0 Å². The molecule has 1 aromatic carbocycles. The Balaban J connectivity index is 2.32. The van der Waals surface area contributed by atoms with Gasteiger partial charge in [-0.2, -0.15) is 8.42 Å². The molecule has 0 atom stereocenters. The highest BCUT2D eigenvalue weighted by Crippen LogP contribution is 2.35. The second kappa shape index (κ2) is 6.28. The van der Waals surface area contributed by atoms with Gasteiger partial charge in [0, 0.05) is 17.1 Å². The summed E-state index contributed by atoms with van der Waals surface area (Å²) in [6, 6.07) is 8.80. The monoisotopic (exact) mass is 340 g/mol. The van der Waals surface area contributed by atoms with Crippen molar-refractivity contribution >= 4 is 22.6 Å². The van der Waals surface area contributed by atoms with Crippen LogP contribution in [0.3, 0.4) is 0 Å². The largest absolute Gasteiger partial charge is 0.319 e. The van der Waals surface area contributed by atoms with E-state index in [9.17, 15) is 13.0 Å². The van der Waals surface area contributed by atoms with Crippen molar-refractivity contribution in [2.75, 3.05) is 19.6 Å². The van der Waals surface area contributed by atoms with Gasteiger partial charge in [0.2, 0.25) is 0 Å². The topological polar surface area (TPSA) is 86.2 Å². The van der Waals surface area contributed by atoms with Gasteiger partial charge >= 0.3 is 0 Å².